The molecule has 3 heteroatoms. The summed E-state index contributed by atoms with van der Waals surface area (Å²) in [5.74, 6) is 0. The first kappa shape index (κ1) is 15.2. The Kier molecular flexibility index (Phi) is 6.41. The summed E-state index contributed by atoms with van der Waals surface area (Å²) in [6.45, 7) is 8.86. The van der Waals surface area contributed by atoms with Crippen molar-refractivity contribution in [3.8, 4) is 0 Å². The van der Waals surface area contributed by atoms with Crippen molar-refractivity contribution in [2.75, 3.05) is 0 Å². The van der Waals surface area contributed by atoms with E-state index in [1.54, 1.807) is 0 Å². The van der Waals surface area contributed by atoms with E-state index in [9.17, 15) is 0 Å². The highest BCUT2D eigenvalue weighted by Crippen LogP contribution is 2.11. The van der Waals surface area contributed by atoms with Gasteiger partial charge in [-0.05, 0) is 18.9 Å². The van der Waals surface area contributed by atoms with Gasteiger partial charge >= 0.3 is 0 Å². The summed E-state index contributed by atoms with van der Waals surface area (Å²) in [5.41, 5.74) is 2.55. The molecule has 1 atom stereocenters. The molecule has 1 aromatic rings. The van der Waals surface area contributed by atoms with Gasteiger partial charge in [0, 0.05) is 31.2 Å². The molecule has 0 bridgehead atoms. The largest absolute Gasteiger partial charge is 0.311 e. The first-order valence-electron chi connectivity index (χ1n) is 7.34. The van der Waals surface area contributed by atoms with E-state index in [2.05, 4.69) is 51.2 Å². The van der Waals surface area contributed by atoms with Crippen molar-refractivity contribution in [2.45, 2.75) is 71.9 Å². The number of nitrogens with one attached hydrogen (secondary N) is 1. The highest BCUT2D eigenvalue weighted by Gasteiger charge is 2.13. The maximum absolute atomic E-state index is 4.53. The van der Waals surface area contributed by atoms with Crippen molar-refractivity contribution in [3.05, 3.63) is 17.5 Å². The lowest BCUT2D eigenvalue weighted by atomic mass is 10.0. The third-order valence-electron chi connectivity index (χ3n) is 3.32. The summed E-state index contributed by atoms with van der Waals surface area (Å²) < 4.78 is 2.04. The third-order valence-corrected chi connectivity index (χ3v) is 3.32. The van der Waals surface area contributed by atoms with Crippen molar-refractivity contribution in [1.82, 2.24) is 15.1 Å². The monoisotopic (exact) mass is 251 g/mol. The van der Waals surface area contributed by atoms with Gasteiger partial charge in [0.2, 0.25) is 0 Å². The highest BCUT2D eigenvalue weighted by molar-refractivity contribution is 5.11. The minimum absolute atomic E-state index is 0.547. The standard InChI is InChI=1S/C15H29N3/c1-6-8-9-14(16-12(3)4)11-15-10-13(7-2)17-18(15)5/h10,12,14,16H,6-9,11H2,1-5H3. The molecule has 0 saturated carbocycles. The lowest BCUT2D eigenvalue weighted by molar-refractivity contribution is 0.417. The average molecular weight is 251 g/mol. The molecule has 1 unspecified atom stereocenters. The SMILES string of the molecule is CCCCC(Cc1cc(CC)nn1C)NC(C)C. The highest BCUT2D eigenvalue weighted by atomic mass is 15.3. The maximum Gasteiger partial charge on any atom is 0.0624 e. The number of hydrogen-bond acceptors (Lipinski definition) is 2. The molecule has 0 aliphatic carbocycles. The van der Waals surface area contributed by atoms with Gasteiger partial charge in [-0.1, -0.05) is 40.5 Å². The molecule has 1 rings (SSSR count). The van der Waals surface area contributed by atoms with Gasteiger partial charge in [-0.3, -0.25) is 4.68 Å². The molecule has 0 aliphatic heterocycles. The zero-order chi connectivity index (χ0) is 13.5. The molecule has 0 saturated heterocycles. The summed E-state index contributed by atoms with van der Waals surface area (Å²) in [4.78, 5) is 0. The van der Waals surface area contributed by atoms with E-state index in [-0.39, 0.29) is 0 Å². The Balaban J connectivity index is 2.65. The second-order valence-corrected chi connectivity index (χ2v) is 5.47. The Labute approximate surface area is 112 Å². The molecular weight excluding hydrogens is 222 g/mol. The topological polar surface area (TPSA) is 29.9 Å². The molecule has 3 nitrogen and oxygen atoms in total. The fourth-order valence-electron chi connectivity index (χ4n) is 2.35. The molecule has 0 aromatic carbocycles. The molecule has 0 amide bonds. The third kappa shape index (κ3) is 4.81. The van der Waals surface area contributed by atoms with E-state index < -0.39 is 0 Å². The van der Waals surface area contributed by atoms with Crippen LogP contribution in [0.3, 0.4) is 0 Å². The van der Waals surface area contributed by atoms with E-state index in [0.717, 1.165) is 12.8 Å². The lowest BCUT2D eigenvalue weighted by Crippen LogP contribution is -2.36. The van der Waals surface area contributed by atoms with Crippen molar-refractivity contribution >= 4 is 0 Å². The maximum atomic E-state index is 4.53. The first-order chi connectivity index (χ1) is 8.56. The zero-order valence-electron chi connectivity index (χ0n) is 12.7. The molecule has 18 heavy (non-hydrogen) atoms. The summed E-state index contributed by atoms with van der Waals surface area (Å²) in [6.07, 6.45) is 5.92. The summed E-state index contributed by atoms with van der Waals surface area (Å²) in [7, 11) is 2.06. The van der Waals surface area contributed by atoms with E-state index in [1.807, 2.05) is 4.68 Å². The van der Waals surface area contributed by atoms with E-state index in [1.165, 1.54) is 30.7 Å². The van der Waals surface area contributed by atoms with Crippen LogP contribution in [0, 0.1) is 0 Å². The van der Waals surface area contributed by atoms with E-state index >= 15 is 0 Å². The number of unbranched alkanes of at least 4 members (excludes halogenated alkanes) is 1. The van der Waals surface area contributed by atoms with E-state index in [4.69, 9.17) is 0 Å². The van der Waals surface area contributed by atoms with Crippen LogP contribution in [0.15, 0.2) is 6.07 Å². The van der Waals surface area contributed by atoms with Crippen LogP contribution in [-0.4, -0.2) is 21.9 Å². The van der Waals surface area contributed by atoms with Gasteiger partial charge in [0.15, 0.2) is 0 Å². The fraction of sp³-hybridized carbons (Fsp3) is 0.800. The van der Waals surface area contributed by atoms with Gasteiger partial charge in [0.25, 0.3) is 0 Å². The van der Waals surface area contributed by atoms with Gasteiger partial charge < -0.3 is 5.32 Å². The average Bonchev–Trinajstić information content (AvgIpc) is 2.66. The van der Waals surface area contributed by atoms with Gasteiger partial charge in [0.1, 0.15) is 0 Å². The second kappa shape index (κ2) is 7.57. The molecule has 0 aliphatic rings. The van der Waals surface area contributed by atoms with Crippen LogP contribution >= 0.6 is 0 Å². The Morgan fingerprint density at radius 2 is 2.06 bits per heavy atom. The summed E-state index contributed by atoms with van der Waals surface area (Å²) in [5, 5.41) is 8.21. The Morgan fingerprint density at radius 3 is 2.56 bits per heavy atom. The van der Waals surface area contributed by atoms with Crippen LogP contribution in [0.4, 0.5) is 0 Å². The Hall–Kier alpha value is -0.830. The van der Waals surface area contributed by atoms with Gasteiger partial charge in [0.05, 0.1) is 5.69 Å². The predicted octanol–water partition coefficient (Wildman–Crippen LogP) is 3.08. The summed E-state index contributed by atoms with van der Waals surface area (Å²) in [6, 6.07) is 3.37. The molecule has 1 heterocycles. The van der Waals surface area contributed by atoms with Crippen LogP contribution in [0.5, 0.6) is 0 Å². The quantitative estimate of drug-likeness (QED) is 0.769. The predicted molar refractivity (Wildman–Crippen MR) is 77.9 cm³/mol. The smallest absolute Gasteiger partial charge is 0.0624 e. The van der Waals surface area contributed by atoms with Gasteiger partial charge in [-0.25, -0.2) is 0 Å². The Bertz CT molecular complexity index is 342. The van der Waals surface area contributed by atoms with Crippen LogP contribution in [-0.2, 0) is 19.9 Å². The number of rotatable bonds is 8. The van der Waals surface area contributed by atoms with Crippen LogP contribution < -0.4 is 5.32 Å². The van der Waals surface area contributed by atoms with Crippen LogP contribution in [0.25, 0.3) is 0 Å². The van der Waals surface area contributed by atoms with Crippen LogP contribution in [0.2, 0.25) is 0 Å². The number of nitrogens with zero attached hydrogens (tertiary/aromatic N) is 2. The number of aryl methyl sites for hydroxylation is 2. The Morgan fingerprint density at radius 1 is 1.33 bits per heavy atom. The molecule has 1 N–H and O–H groups in total. The molecular formula is C15H29N3. The van der Waals surface area contributed by atoms with Crippen molar-refractivity contribution in [1.29, 1.82) is 0 Å². The molecule has 0 fully saturated rings. The second-order valence-electron chi connectivity index (χ2n) is 5.47. The first-order valence-corrected chi connectivity index (χ1v) is 7.34. The van der Waals surface area contributed by atoms with E-state index in [0.29, 0.717) is 12.1 Å². The molecule has 104 valence electrons. The molecule has 0 spiro atoms. The minimum atomic E-state index is 0.547. The summed E-state index contributed by atoms with van der Waals surface area (Å²) >= 11 is 0. The zero-order valence-corrected chi connectivity index (χ0v) is 12.7. The molecule has 1 aromatic heterocycles. The van der Waals surface area contributed by atoms with Crippen molar-refractivity contribution < 1.29 is 0 Å². The van der Waals surface area contributed by atoms with Gasteiger partial charge in [-0.15, -0.1) is 0 Å². The van der Waals surface area contributed by atoms with Crippen molar-refractivity contribution in [3.63, 3.8) is 0 Å². The van der Waals surface area contributed by atoms with Gasteiger partial charge in [-0.2, -0.15) is 5.10 Å². The number of aromatic nitrogens is 2. The fourth-order valence-corrected chi connectivity index (χ4v) is 2.35. The number of hydrogen-bond donors (Lipinski definition) is 1. The van der Waals surface area contributed by atoms with Crippen LogP contribution in [0.1, 0.15) is 58.3 Å². The lowest BCUT2D eigenvalue weighted by Gasteiger charge is -2.21. The minimum Gasteiger partial charge on any atom is -0.311 e. The molecule has 0 radical (unpaired) electrons. The van der Waals surface area contributed by atoms with Crippen molar-refractivity contribution in [2.24, 2.45) is 7.05 Å². The normalized spacial score (nSPS) is 13.2.